The Bertz CT molecular complexity index is 866. The van der Waals surface area contributed by atoms with Crippen molar-refractivity contribution in [2.75, 3.05) is 0 Å². The lowest BCUT2D eigenvalue weighted by Gasteiger charge is -2.52. The van der Waals surface area contributed by atoms with Crippen LogP contribution in [0.4, 0.5) is 0 Å². The number of hydrogen-bond acceptors (Lipinski definition) is 3. The number of ketones is 1. The van der Waals surface area contributed by atoms with E-state index in [1.807, 2.05) is 0 Å². The third kappa shape index (κ3) is 2.53. The second kappa shape index (κ2) is 6.71. The van der Waals surface area contributed by atoms with Gasteiger partial charge >= 0.3 is 5.97 Å². The smallest absolute Gasteiger partial charge is 0.311 e. The molecule has 0 aromatic carbocycles. The zero-order valence-corrected chi connectivity index (χ0v) is 19.1. The Labute approximate surface area is 177 Å². The van der Waals surface area contributed by atoms with Crippen molar-refractivity contribution in [3.05, 3.63) is 34.4 Å². The van der Waals surface area contributed by atoms with Gasteiger partial charge in [-0.15, -0.1) is 0 Å². The Balaban J connectivity index is 1.92. The van der Waals surface area contributed by atoms with Crippen LogP contribution in [0.1, 0.15) is 72.1 Å². The van der Waals surface area contributed by atoms with Crippen LogP contribution in [0.25, 0.3) is 0 Å². The predicted molar refractivity (Wildman–Crippen MR) is 116 cm³/mol. The van der Waals surface area contributed by atoms with Crippen LogP contribution in [0.15, 0.2) is 34.4 Å². The number of hydrogen-bond donors (Lipinski definition) is 1. The van der Waals surface area contributed by atoms with Crippen molar-refractivity contribution in [3.8, 4) is 0 Å². The van der Waals surface area contributed by atoms with Crippen molar-refractivity contribution < 1.29 is 17.8 Å². The monoisotopic (exact) mass is 496 g/mol. The number of carboxylic acids is 1. The minimum atomic E-state index is -1.31. The molecule has 0 bridgehead atoms. The summed E-state index contributed by atoms with van der Waals surface area (Å²) < 4.78 is 12.4. The molecule has 4 atom stereocenters. The maximum absolute atomic E-state index is 12.8. The molecule has 152 valence electrons. The van der Waals surface area contributed by atoms with Crippen molar-refractivity contribution in [2.24, 2.45) is 16.7 Å². The van der Waals surface area contributed by atoms with E-state index in [4.69, 9.17) is 0 Å². The fourth-order valence-electron chi connectivity index (χ4n) is 6.45. The fraction of sp³-hybridized carbons (Fsp3) is 0.652. The molecule has 0 aliphatic heterocycles. The number of carboxylic acid groups (broad SMARTS) is 1. The maximum Gasteiger partial charge on any atom is 0.311 e. The summed E-state index contributed by atoms with van der Waals surface area (Å²) in [4.78, 5) is 24.3. The van der Waals surface area contributed by atoms with E-state index >= 15 is 0 Å². The van der Waals surface area contributed by atoms with Gasteiger partial charge in [0.15, 0.2) is 27.0 Å². The van der Waals surface area contributed by atoms with E-state index in [9.17, 15) is 17.8 Å². The molecule has 0 radical (unpaired) electrons. The zero-order chi connectivity index (χ0) is 20.3. The van der Waals surface area contributed by atoms with Gasteiger partial charge in [0.05, 0.1) is 9.34 Å². The number of carbonyl (C=O) groups excluding carboxylic acids is 1. The van der Waals surface area contributed by atoms with Gasteiger partial charge in [-0.25, -0.2) is 0 Å². The Morgan fingerprint density at radius 1 is 1.29 bits per heavy atom. The molecule has 0 heterocycles. The molecule has 0 saturated carbocycles. The SMILES string of the molecule is CCC[C@]1(C)CC=C2C3=C(CCC21I=O)C1(C)CCC(=O)C=C1CC3C(=O)O. The first-order valence-corrected chi connectivity index (χ1v) is 12.4. The molecule has 4 rings (SSSR count). The van der Waals surface area contributed by atoms with Crippen LogP contribution in [0.2, 0.25) is 0 Å². The number of rotatable bonds is 4. The molecule has 0 aromatic rings. The van der Waals surface area contributed by atoms with Gasteiger partial charge in [0.1, 0.15) is 0 Å². The molecule has 4 aliphatic carbocycles. The van der Waals surface area contributed by atoms with E-state index in [-0.39, 0.29) is 20.0 Å². The summed E-state index contributed by atoms with van der Waals surface area (Å²) in [7, 11) is 0. The van der Waals surface area contributed by atoms with Gasteiger partial charge in [-0.05, 0) is 61.2 Å². The highest BCUT2D eigenvalue weighted by molar-refractivity contribution is 14.1. The van der Waals surface area contributed by atoms with E-state index in [0.717, 1.165) is 55.2 Å². The molecule has 28 heavy (non-hydrogen) atoms. The summed E-state index contributed by atoms with van der Waals surface area (Å²) in [5, 5.41) is 10.1. The molecule has 4 aliphatic rings. The lowest BCUT2D eigenvalue weighted by atomic mass is 9.54. The molecule has 0 fully saturated rings. The maximum atomic E-state index is 12.8. The molecule has 4 nitrogen and oxygen atoms in total. The topological polar surface area (TPSA) is 71.4 Å². The molecule has 3 unspecified atom stereocenters. The Morgan fingerprint density at radius 3 is 2.68 bits per heavy atom. The number of carbonyl (C=O) groups is 2. The third-order valence-electron chi connectivity index (χ3n) is 8.06. The minimum Gasteiger partial charge on any atom is -0.481 e. The standard InChI is InChI=1S/C23H29IO4/c1-4-8-21(2)9-6-18-19-16(20(26)27)13-14-12-15(25)5-10-22(14,3)17(19)7-11-23(18,21)24-28/h6,12,16H,4-5,7-11,13H2,1-3H3,(H,26,27)/t16?,21-,22?,23?/m1/s1. The number of alkyl halides is 1. The largest absolute Gasteiger partial charge is 0.481 e. The second-order valence-electron chi connectivity index (χ2n) is 9.47. The van der Waals surface area contributed by atoms with E-state index in [1.165, 1.54) is 5.57 Å². The van der Waals surface area contributed by atoms with E-state index in [2.05, 4.69) is 26.8 Å². The van der Waals surface area contributed by atoms with Crippen LogP contribution in [0, 0.1) is 16.7 Å². The summed E-state index contributed by atoms with van der Waals surface area (Å²) in [5.74, 6) is -1.32. The Hall–Kier alpha value is -1.11. The van der Waals surface area contributed by atoms with Crippen molar-refractivity contribution in [3.63, 3.8) is 0 Å². The average molecular weight is 496 g/mol. The summed E-state index contributed by atoms with van der Waals surface area (Å²) >= 11 is -1.31. The molecule has 0 amide bonds. The molecule has 0 aromatic heterocycles. The molecular formula is C23H29IO4. The van der Waals surface area contributed by atoms with Crippen LogP contribution >= 0.6 is 21.2 Å². The quantitative estimate of drug-likeness (QED) is 0.402. The highest BCUT2D eigenvalue weighted by Crippen LogP contribution is 2.67. The minimum absolute atomic E-state index is 0.0345. The molecule has 0 spiro atoms. The molecule has 0 saturated heterocycles. The van der Waals surface area contributed by atoms with Crippen LogP contribution in [0.5, 0.6) is 0 Å². The van der Waals surface area contributed by atoms with Gasteiger partial charge in [0.2, 0.25) is 0 Å². The van der Waals surface area contributed by atoms with Gasteiger partial charge in [-0.3, -0.25) is 12.7 Å². The van der Waals surface area contributed by atoms with Gasteiger partial charge in [0, 0.05) is 11.8 Å². The van der Waals surface area contributed by atoms with Gasteiger partial charge in [0.25, 0.3) is 0 Å². The van der Waals surface area contributed by atoms with E-state index in [1.54, 1.807) is 6.08 Å². The van der Waals surface area contributed by atoms with E-state index in [0.29, 0.717) is 12.8 Å². The predicted octanol–water partition coefficient (Wildman–Crippen LogP) is 5.67. The Kier molecular flexibility index (Phi) is 4.83. The lowest BCUT2D eigenvalue weighted by molar-refractivity contribution is -0.140. The van der Waals surface area contributed by atoms with E-state index < -0.39 is 33.1 Å². The van der Waals surface area contributed by atoms with Gasteiger partial charge in [-0.1, -0.05) is 44.4 Å². The van der Waals surface area contributed by atoms with Crippen LogP contribution in [-0.2, 0) is 12.7 Å². The highest BCUT2D eigenvalue weighted by atomic mass is 127. The summed E-state index contributed by atoms with van der Waals surface area (Å²) in [5.41, 5.74) is 4.03. The van der Waals surface area contributed by atoms with Crippen molar-refractivity contribution >= 4 is 32.9 Å². The van der Waals surface area contributed by atoms with Gasteiger partial charge < -0.3 is 5.11 Å². The fourth-order valence-corrected chi connectivity index (χ4v) is 8.71. The first-order chi connectivity index (χ1) is 13.2. The second-order valence-corrected chi connectivity index (χ2v) is 11.7. The normalized spacial score (nSPS) is 39.7. The van der Waals surface area contributed by atoms with Crippen molar-refractivity contribution in [2.45, 2.75) is 75.6 Å². The highest BCUT2D eigenvalue weighted by Gasteiger charge is 2.60. The van der Waals surface area contributed by atoms with Crippen LogP contribution < -0.4 is 0 Å². The van der Waals surface area contributed by atoms with Gasteiger partial charge in [-0.2, -0.15) is 0 Å². The average Bonchev–Trinajstić information content (AvgIpc) is 2.95. The van der Waals surface area contributed by atoms with Crippen molar-refractivity contribution in [1.82, 2.24) is 0 Å². The summed E-state index contributed by atoms with van der Waals surface area (Å²) in [6.07, 6.45) is 10.3. The number of allylic oxidation sites excluding steroid dienone is 5. The molecule has 1 N–H and O–H groups in total. The lowest BCUT2D eigenvalue weighted by Crippen LogP contribution is -2.47. The first-order valence-electron chi connectivity index (χ1n) is 10.4. The first kappa shape index (κ1) is 20.2. The van der Waals surface area contributed by atoms with Crippen molar-refractivity contribution in [1.29, 1.82) is 0 Å². The summed E-state index contributed by atoms with van der Waals surface area (Å²) in [6.45, 7) is 6.62. The van der Waals surface area contributed by atoms with Crippen LogP contribution in [0.3, 0.4) is 0 Å². The Morgan fingerprint density at radius 2 is 2.04 bits per heavy atom. The number of halogens is 1. The molecular weight excluding hydrogens is 467 g/mol. The van der Waals surface area contributed by atoms with Crippen LogP contribution in [-0.4, -0.2) is 20.3 Å². The number of aliphatic carboxylic acids is 1. The third-order valence-corrected chi connectivity index (χ3v) is 11.2. The number of fused-ring (bicyclic) bond motifs is 4. The molecule has 5 heteroatoms. The zero-order valence-electron chi connectivity index (χ0n) is 16.9. The summed E-state index contributed by atoms with van der Waals surface area (Å²) in [6, 6.07) is 0.